The first-order chi connectivity index (χ1) is 6.95. The van der Waals surface area contributed by atoms with E-state index in [-0.39, 0.29) is 12.4 Å². The lowest BCUT2D eigenvalue weighted by Crippen LogP contribution is -2.42. The number of hydrogen-bond acceptors (Lipinski definition) is 1. The van der Waals surface area contributed by atoms with Crippen LogP contribution in [0.15, 0.2) is 24.3 Å². The Bertz CT molecular complexity index is 337. The van der Waals surface area contributed by atoms with E-state index in [0.29, 0.717) is 0 Å². The van der Waals surface area contributed by atoms with Gasteiger partial charge in [0.2, 0.25) is 0 Å². The van der Waals surface area contributed by atoms with E-state index in [0.717, 1.165) is 12.0 Å². The Morgan fingerprint density at radius 3 is 2.93 bits per heavy atom. The Morgan fingerprint density at radius 1 is 1.13 bits per heavy atom. The number of piperidine rings is 1. The highest BCUT2D eigenvalue weighted by atomic mass is 35.5. The van der Waals surface area contributed by atoms with Crippen molar-refractivity contribution >= 4 is 12.4 Å². The highest BCUT2D eigenvalue weighted by molar-refractivity contribution is 5.85. The average Bonchev–Trinajstić information content (AvgIpc) is 2.29. The van der Waals surface area contributed by atoms with Gasteiger partial charge in [0.15, 0.2) is 0 Å². The van der Waals surface area contributed by atoms with Crippen LogP contribution in [-0.2, 0) is 6.42 Å². The summed E-state index contributed by atoms with van der Waals surface area (Å²) in [5.41, 5.74) is 3.22. The van der Waals surface area contributed by atoms with Gasteiger partial charge in [-0.2, -0.15) is 0 Å². The first-order valence-electron chi connectivity index (χ1n) is 5.76. The first-order valence-corrected chi connectivity index (χ1v) is 5.76. The van der Waals surface area contributed by atoms with Crippen molar-refractivity contribution in [3.05, 3.63) is 35.4 Å². The van der Waals surface area contributed by atoms with Crippen LogP contribution in [0.25, 0.3) is 0 Å². The second-order valence-corrected chi connectivity index (χ2v) is 4.55. The summed E-state index contributed by atoms with van der Waals surface area (Å²) in [4.78, 5) is 0. The Hall–Kier alpha value is -0.530. The van der Waals surface area contributed by atoms with Crippen molar-refractivity contribution in [2.24, 2.45) is 0 Å². The van der Waals surface area contributed by atoms with Crippen molar-refractivity contribution in [2.45, 2.75) is 37.6 Å². The van der Waals surface area contributed by atoms with Crippen molar-refractivity contribution in [3.8, 4) is 0 Å². The summed E-state index contributed by atoms with van der Waals surface area (Å²) in [6, 6.07) is 9.77. The third-order valence-corrected chi connectivity index (χ3v) is 3.76. The van der Waals surface area contributed by atoms with E-state index in [4.69, 9.17) is 0 Å². The molecule has 0 aromatic heterocycles. The van der Waals surface area contributed by atoms with E-state index < -0.39 is 0 Å². The Balaban J connectivity index is 0.000000853. The van der Waals surface area contributed by atoms with Crippen LogP contribution in [0.1, 0.15) is 36.3 Å². The summed E-state index contributed by atoms with van der Waals surface area (Å²) in [5, 5.41) is 3.66. The molecule has 0 saturated carbocycles. The zero-order valence-corrected chi connectivity index (χ0v) is 9.72. The largest absolute Gasteiger partial charge is 0.313 e. The molecule has 1 aromatic rings. The molecule has 0 amide bonds. The van der Waals surface area contributed by atoms with E-state index in [2.05, 4.69) is 29.6 Å². The second-order valence-electron chi connectivity index (χ2n) is 4.55. The lowest BCUT2D eigenvalue weighted by Gasteiger charge is -2.37. The van der Waals surface area contributed by atoms with Gasteiger partial charge in [-0.3, -0.25) is 0 Å². The van der Waals surface area contributed by atoms with Gasteiger partial charge in [-0.05, 0) is 49.3 Å². The molecule has 1 aromatic carbocycles. The van der Waals surface area contributed by atoms with Crippen LogP contribution in [0.2, 0.25) is 0 Å². The number of aryl methyl sites for hydroxylation is 1. The lowest BCUT2D eigenvalue weighted by atomic mass is 9.75. The standard InChI is InChI=1S/C13H17N.ClH/c1-2-5-11-10(4-1)7-8-13-12(11)6-3-9-14-13;/h1-2,4-5,12-14H,3,6-9H2;1H/t12-,13-;/m0./s1. The predicted molar refractivity (Wildman–Crippen MR) is 65.8 cm³/mol. The molecular weight excluding hydrogens is 206 g/mol. The van der Waals surface area contributed by atoms with Crippen LogP contribution in [0.5, 0.6) is 0 Å². The van der Waals surface area contributed by atoms with E-state index in [1.165, 1.54) is 32.2 Å². The van der Waals surface area contributed by atoms with Gasteiger partial charge < -0.3 is 5.32 Å². The Labute approximate surface area is 97.7 Å². The molecule has 2 heteroatoms. The highest BCUT2D eigenvalue weighted by Crippen LogP contribution is 2.36. The molecule has 82 valence electrons. The number of benzene rings is 1. The van der Waals surface area contributed by atoms with Gasteiger partial charge in [-0.1, -0.05) is 24.3 Å². The Morgan fingerprint density at radius 2 is 2.00 bits per heavy atom. The van der Waals surface area contributed by atoms with Gasteiger partial charge in [0.05, 0.1) is 0 Å². The van der Waals surface area contributed by atoms with Gasteiger partial charge in [-0.25, -0.2) is 0 Å². The van der Waals surface area contributed by atoms with Gasteiger partial charge >= 0.3 is 0 Å². The van der Waals surface area contributed by atoms with E-state index in [1.54, 1.807) is 11.1 Å². The number of halogens is 1. The highest BCUT2D eigenvalue weighted by Gasteiger charge is 2.30. The van der Waals surface area contributed by atoms with Crippen molar-refractivity contribution in [1.82, 2.24) is 5.32 Å². The molecule has 1 aliphatic carbocycles. The third-order valence-electron chi connectivity index (χ3n) is 3.76. The summed E-state index contributed by atoms with van der Waals surface area (Å²) in [7, 11) is 0. The van der Waals surface area contributed by atoms with Crippen molar-refractivity contribution in [2.75, 3.05) is 6.54 Å². The predicted octanol–water partition coefficient (Wildman–Crippen LogP) is 2.89. The van der Waals surface area contributed by atoms with Crippen LogP contribution in [0, 0.1) is 0 Å². The maximum Gasteiger partial charge on any atom is 0.0139 e. The molecule has 0 unspecified atom stereocenters. The third kappa shape index (κ3) is 1.91. The maximum atomic E-state index is 3.66. The Kier molecular flexibility index (Phi) is 3.32. The topological polar surface area (TPSA) is 12.0 Å². The first kappa shape index (κ1) is 11.0. The summed E-state index contributed by atoms with van der Waals surface area (Å²) < 4.78 is 0. The molecule has 15 heavy (non-hydrogen) atoms. The van der Waals surface area contributed by atoms with Crippen molar-refractivity contribution in [1.29, 1.82) is 0 Å². The molecule has 1 fully saturated rings. The number of nitrogens with one attached hydrogen (secondary N) is 1. The average molecular weight is 224 g/mol. The van der Waals surface area contributed by atoms with E-state index in [1.807, 2.05) is 0 Å². The quantitative estimate of drug-likeness (QED) is 0.713. The zero-order valence-electron chi connectivity index (χ0n) is 8.91. The van der Waals surface area contributed by atoms with Gasteiger partial charge in [0, 0.05) is 6.04 Å². The SMILES string of the molecule is Cl.c1ccc2c(c1)CC[C@@H]1NCCC[C@@H]21. The minimum absolute atomic E-state index is 0. The number of fused-ring (bicyclic) bond motifs is 3. The normalized spacial score (nSPS) is 28.5. The fourth-order valence-corrected chi connectivity index (χ4v) is 3.06. The molecule has 1 N–H and O–H groups in total. The fourth-order valence-electron chi connectivity index (χ4n) is 3.06. The fraction of sp³-hybridized carbons (Fsp3) is 0.538. The smallest absolute Gasteiger partial charge is 0.0139 e. The number of rotatable bonds is 0. The van der Waals surface area contributed by atoms with Gasteiger partial charge in [0.25, 0.3) is 0 Å². The summed E-state index contributed by atoms with van der Waals surface area (Å²) in [6.45, 7) is 1.23. The van der Waals surface area contributed by atoms with Crippen LogP contribution in [-0.4, -0.2) is 12.6 Å². The van der Waals surface area contributed by atoms with Crippen molar-refractivity contribution in [3.63, 3.8) is 0 Å². The monoisotopic (exact) mass is 223 g/mol. The van der Waals surface area contributed by atoms with E-state index in [9.17, 15) is 0 Å². The molecular formula is C13H18ClN. The molecule has 3 rings (SSSR count). The van der Waals surface area contributed by atoms with Crippen molar-refractivity contribution < 1.29 is 0 Å². The summed E-state index contributed by atoms with van der Waals surface area (Å²) >= 11 is 0. The molecule has 1 aliphatic heterocycles. The minimum atomic E-state index is 0. The van der Waals surface area contributed by atoms with E-state index >= 15 is 0 Å². The molecule has 2 aliphatic rings. The van der Waals surface area contributed by atoms with Crippen LogP contribution in [0.3, 0.4) is 0 Å². The number of hydrogen-bond donors (Lipinski definition) is 1. The zero-order chi connectivity index (χ0) is 9.38. The van der Waals surface area contributed by atoms with Gasteiger partial charge in [-0.15, -0.1) is 12.4 Å². The van der Waals surface area contributed by atoms with Crippen LogP contribution < -0.4 is 5.32 Å². The molecule has 1 nitrogen and oxygen atoms in total. The minimum Gasteiger partial charge on any atom is -0.313 e. The van der Waals surface area contributed by atoms with Crippen LogP contribution >= 0.6 is 12.4 Å². The second kappa shape index (κ2) is 4.54. The maximum absolute atomic E-state index is 3.66. The summed E-state index contributed by atoms with van der Waals surface area (Å²) in [5.74, 6) is 0.800. The van der Waals surface area contributed by atoms with Gasteiger partial charge in [0.1, 0.15) is 0 Å². The molecule has 0 radical (unpaired) electrons. The molecule has 2 atom stereocenters. The molecule has 1 heterocycles. The van der Waals surface area contributed by atoms with Crippen LogP contribution in [0.4, 0.5) is 0 Å². The molecule has 1 saturated heterocycles. The lowest BCUT2D eigenvalue weighted by molar-refractivity contribution is 0.319. The molecule has 0 bridgehead atoms. The molecule has 0 spiro atoms. The summed E-state index contributed by atoms with van der Waals surface area (Å²) in [6.07, 6.45) is 5.33.